The molecule has 5 heteroatoms. The monoisotopic (exact) mass is 342 g/mol. The maximum absolute atomic E-state index is 12.5. The maximum Gasteiger partial charge on any atom is 0.242 e. The number of benzene rings is 2. The van der Waals surface area contributed by atoms with Crippen molar-refractivity contribution in [2.75, 3.05) is 20.3 Å². The molecule has 0 bridgehead atoms. The number of carbonyl (C=O) groups is 2. The second-order valence-corrected chi connectivity index (χ2v) is 6.39. The molecule has 25 heavy (non-hydrogen) atoms. The average molecular weight is 342 g/mol. The Kier molecular flexibility index (Phi) is 6.95. The molecule has 0 saturated heterocycles. The van der Waals surface area contributed by atoms with E-state index in [1.54, 1.807) is 7.11 Å². The molecule has 0 heterocycles. The normalized spacial score (nSPS) is 12.2. The van der Waals surface area contributed by atoms with Gasteiger partial charge in [0, 0.05) is 13.7 Å². The third-order valence-corrected chi connectivity index (χ3v) is 4.10. The first-order valence-electron chi connectivity index (χ1n) is 8.55. The zero-order valence-electron chi connectivity index (χ0n) is 15.0. The summed E-state index contributed by atoms with van der Waals surface area (Å²) in [4.78, 5) is 24.8. The predicted molar refractivity (Wildman–Crippen MR) is 99.3 cm³/mol. The van der Waals surface area contributed by atoms with Crippen molar-refractivity contribution in [2.24, 2.45) is 5.92 Å². The number of hydrogen-bond donors (Lipinski definition) is 2. The largest absolute Gasteiger partial charge is 0.383 e. The molecule has 0 aromatic heterocycles. The Labute approximate surface area is 148 Å². The van der Waals surface area contributed by atoms with E-state index in [2.05, 4.69) is 10.6 Å². The Bertz CT molecular complexity index is 722. The molecule has 0 saturated carbocycles. The van der Waals surface area contributed by atoms with Crippen LogP contribution in [-0.4, -0.2) is 38.1 Å². The van der Waals surface area contributed by atoms with Gasteiger partial charge < -0.3 is 15.4 Å². The molecule has 2 aromatic rings. The van der Waals surface area contributed by atoms with Gasteiger partial charge in [-0.25, -0.2) is 0 Å². The second-order valence-electron chi connectivity index (χ2n) is 6.39. The van der Waals surface area contributed by atoms with E-state index in [0.717, 1.165) is 16.3 Å². The van der Waals surface area contributed by atoms with Crippen LogP contribution < -0.4 is 10.6 Å². The van der Waals surface area contributed by atoms with Crippen LogP contribution in [0.15, 0.2) is 42.5 Å². The van der Waals surface area contributed by atoms with E-state index >= 15 is 0 Å². The fraction of sp³-hybridized carbons (Fsp3) is 0.400. The molecule has 2 aromatic carbocycles. The van der Waals surface area contributed by atoms with E-state index in [1.807, 2.05) is 56.3 Å². The molecule has 0 spiro atoms. The van der Waals surface area contributed by atoms with Crippen LogP contribution in [0.25, 0.3) is 10.8 Å². The zero-order chi connectivity index (χ0) is 18.2. The first-order chi connectivity index (χ1) is 12.0. The van der Waals surface area contributed by atoms with Gasteiger partial charge in [0.1, 0.15) is 6.04 Å². The molecule has 2 N–H and O–H groups in total. The molecule has 5 nitrogen and oxygen atoms in total. The first-order valence-corrected chi connectivity index (χ1v) is 8.55. The Morgan fingerprint density at radius 1 is 1.08 bits per heavy atom. The number of amides is 2. The van der Waals surface area contributed by atoms with Gasteiger partial charge in [0.15, 0.2) is 0 Å². The molecule has 0 aliphatic rings. The number of carbonyl (C=O) groups excluding carboxylic acids is 2. The molecule has 0 aliphatic heterocycles. The van der Waals surface area contributed by atoms with Gasteiger partial charge >= 0.3 is 0 Å². The lowest BCUT2D eigenvalue weighted by Gasteiger charge is -2.22. The van der Waals surface area contributed by atoms with Gasteiger partial charge in [0.25, 0.3) is 0 Å². The Balaban J connectivity index is 2.04. The van der Waals surface area contributed by atoms with Crippen molar-refractivity contribution in [3.63, 3.8) is 0 Å². The van der Waals surface area contributed by atoms with Crippen molar-refractivity contribution in [1.82, 2.24) is 10.6 Å². The van der Waals surface area contributed by atoms with Gasteiger partial charge in [-0.05, 0) is 22.3 Å². The smallest absolute Gasteiger partial charge is 0.242 e. The lowest BCUT2D eigenvalue weighted by Crippen LogP contribution is -2.50. The van der Waals surface area contributed by atoms with Gasteiger partial charge in [-0.1, -0.05) is 56.3 Å². The molecule has 134 valence electrons. The summed E-state index contributed by atoms with van der Waals surface area (Å²) in [5, 5.41) is 7.81. The Morgan fingerprint density at radius 2 is 1.80 bits per heavy atom. The molecule has 0 aliphatic carbocycles. The summed E-state index contributed by atoms with van der Waals surface area (Å²) in [7, 11) is 1.58. The van der Waals surface area contributed by atoms with E-state index in [-0.39, 0.29) is 24.2 Å². The number of methoxy groups -OCH3 is 1. The summed E-state index contributed by atoms with van der Waals surface area (Å²) in [5.74, 6) is -0.339. The number of rotatable bonds is 8. The van der Waals surface area contributed by atoms with Crippen LogP contribution >= 0.6 is 0 Å². The lowest BCUT2D eigenvalue weighted by molar-refractivity contribution is -0.129. The predicted octanol–water partition coefficient (Wildman–Crippen LogP) is 2.29. The van der Waals surface area contributed by atoms with Gasteiger partial charge in [-0.15, -0.1) is 0 Å². The molecule has 0 radical (unpaired) electrons. The van der Waals surface area contributed by atoms with Crippen LogP contribution in [-0.2, 0) is 20.7 Å². The van der Waals surface area contributed by atoms with E-state index < -0.39 is 6.04 Å². The lowest BCUT2D eigenvalue weighted by atomic mass is 10.0. The van der Waals surface area contributed by atoms with Crippen molar-refractivity contribution in [3.05, 3.63) is 48.0 Å². The number of ether oxygens (including phenoxy) is 1. The van der Waals surface area contributed by atoms with Gasteiger partial charge in [-0.3, -0.25) is 9.59 Å². The fourth-order valence-electron chi connectivity index (χ4n) is 2.77. The van der Waals surface area contributed by atoms with Crippen molar-refractivity contribution >= 4 is 22.6 Å². The van der Waals surface area contributed by atoms with Crippen molar-refractivity contribution in [3.8, 4) is 0 Å². The Hall–Kier alpha value is -2.40. The quantitative estimate of drug-likeness (QED) is 0.723. The minimum absolute atomic E-state index is 0.000914. The molecule has 0 fully saturated rings. The third-order valence-electron chi connectivity index (χ3n) is 4.10. The third kappa shape index (κ3) is 5.29. The fourth-order valence-corrected chi connectivity index (χ4v) is 2.77. The summed E-state index contributed by atoms with van der Waals surface area (Å²) in [6.45, 7) is 4.70. The van der Waals surface area contributed by atoms with E-state index in [9.17, 15) is 9.59 Å². The second kappa shape index (κ2) is 9.18. The molecular weight excluding hydrogens is 316 g/mol. The highest BCUT2D eigenvalue weighted by molar-refractivity contribution is 5.92. The highest BCUT2D eigenvalue weighted by Gasteiger charge is 2.24. The number of fused-ring (bicyclic) bond motifs is 1. The zero-order valence-corrected chi connectivity index (χ0v) is 15.0. The van der Waals surface area contributed by atoms with Crippen LogP contribution in [0.5, 0.6) is 0 Å². The van der Waals surface area contributed by atoms with E-state index in [0.29, 0.717) is 13.2 Å². The highest BCUT2D eigenvalue weighted by Crippen LogP contribution is 2.19. The molecule has 2 rings (SSSR count). The molecule has 2 amide bonds. The van der Waals surface area contributed by atoms with Gasteiger partial charge in [-0.2, -0.15) is 0 Å². The van der Waals surface area contributed by atoms with Crippen molar-refractivity contribution in [1.29, 1.82) is 0 Å². The van der Waals surface area contributed by atoms with Crippen LogP contribution in [0.1, 0.15) is 19.4 Å². The van der Waals surface area contributed by atoms with E-state index in [4.69, 9.17) is 4.74 Å². The van der Waals surface area contributed by atoms with Crippen molar-refractivity contribution < 1.29 is 14.3 Å². The molecule has 1 atom stereocenters. The SMILES string of the molecule is COCCNC(=O)[C@H](NC(=O)Cc1cccc2ccccc12)C(C)C. The van der Waals surface area contributed by atoms with Gasteiger partial charge in [0.05, 0.1) is 13.0 Å². The minimum atomic E-state index is -0.556. The van der Waals surface area contributed by atoms with Crippen LogP contribution in [0.2, 0.25) is 0 Å². The average Bonchev–Trinajstić information content (AvgIpc) is 2.60. The summed E-state index contributed by atoms with van der Waals surface area (Å²) < 4.78 is 4.93. The maximum atomic E-state index is 12.5. The summed E-state index contributed by atoms with van der Waals surface area (Å²) in [6, 6.07) is 13.3. The van der Waals surface area contributed by atoms with Crippen molar-refractivity contribution in [2.45, 2.75) is 26.3 Å². The summed E-state index contributed by atoms with van der Waals surface area (Å²) in [6.07, 6.45) is 0.246. The molecule has 0 unspecified atom stereocenters. The number of hydrogen-bond acceptors (Lipinski definition) is 3. The molecular formula is C20H26N2O3. The first kappa shape index (κ1) is 18.9. The highest BCUT2D eigenvalue weighted by atomic mass is 16.5. The topological polar surface area (TPSA) is 67.4 Å². The van der Waals surface area contributed by atoms with E-state index in [1.165, 1.54) is 0 Å². The summed E-state index contributed by atoms with van der Waals surface area (Å²) >= 11 is 0. The minimum Gasteiger partial charge on any atom is -0.383 e. The standard InChI is InChI=1S/C20H26N2O3/c1-14(2)19(20(24)21-11-12-25-3)22-18(23)13-16-9-6-8-15-7-4-5-10-17(15)16/h4-10,14,19H,11-13H2,1-3H3,(H,21,24)(H,22,23)/t19-/m1/s1. The van der Waals surface area contributed by atoms with Gasteiger partial charge in [0.2, 0.25) is 11.8 Å². The van der Waals surface area contributed by atoms with Crippen LogP contribution in [0.3, 0.4) is 0 Å². The Morgan fingerprint density at radius 3 is 2.52 bits per heavy atom. The summed E-state index contributed by atoms with van der Waals surface area (Å²) in [5.41, 5.74) is 0.956. The number of nitrogens with one attached hydrogen (secondary N) is 2. The van der Waals surface area contributed by atoms with Crippen LogP contribution in [0, 0.1) is 5.92 Å². The van der Waals surface area contributed by atoms with Crippen LogP contribution in [0.4, 0.5) is 0 Å².